The first-order valence-electron chi connectivity index (χ1n) is 14.7. The maximum absolute atomic E-state index is 14.5. The number of rotatable bonds is 14. The number of hydrogen-bond acceptors (Lipinski definition) is 5. The maximum Gasteiger partial charge on any atom is 0.264 e. The van der Waals surface area contributed by atoms with Crippen LogP contribution in [0.3, 0.4) is 0 Å². The van der Waals surface area contributed by atoms with Crippen LogP contribution in [-0.4, -0.2) is 51.4 Å². The van der Waals surface area contributed by atoms with E-state index >= 15 is 0 Å². The summed E-state index contributed by atoms with van der Waals surface area (Å²) in [5, 5.41) is 3.39. The lowest BCUT2D eigenvalue weighted by atomic mass is 10.0. The van der Waals surface area contributed by atoms with Gasteiger partial charge >= 0.3 is 0 Å². The van der Waals surface area contributed by atoms with E-state index in [1.54, 1.807) is 62.6 Å². The molecular weight excluding hydrogens is 610 g/mol. The number of hydrogen-bond donors (Lipinski definition) is 1. The van der Waals surface area contributed by atoms with Crippen molar-refractivity contribution >= 4 is 39.1 Å². The van der Waals surface area contributed by atoms with Crippen molar-refractivity contribution in [3.05, 3.63) is 125 Å². The molecule has 0 fully saturated rings. The van der Waals surface area contributed by atoms with Gasteiger partial charge in [0.15, 0.2) is 0 Å². The minimum absolute atomic E-state index is 0.0352. The Kier molecular flexibility index (Phi) is 11.6. The van der Waals surface area contributed by atoms with Crippen molar-refractivity contribution in [1.82, 2.24) is 10.2 Å². The number of methoxy groups -OCH3 is 1. The minimum Gasteiger partial charge on any atom is -0.497 e. The zero-order valence-electron chi connectivity index (χ0n) is 25.6. The summed E-state index contributed by atoms with van der Waals surface area (Å²) in [5.41, 5.74) is 2.48. The van der Waals surface area contributed by atoms with Crippen LogP contribution in [0.5, 0.6) is 5.75 Å². The highest BCUT2D eigenvalue weighted by molar-refractivity contribution is 7.92. The molecule has 0 aromatic heterocycles. The lowest BCUT2D eigenvalue weighted by Crippen LogP contribution is -2.53. The Bertz CT molecular complexity index is 1700. The van der Waals surface area contributed by atoms with E-state index < -0.39 is 28.5 Å². The highest BCUT2D eigenvalue weighted by atomic mass is 35.5. The minimum atomic E-state index is -4.20. The van der Waals surface area contributed by atoms with E-state index in [9.17, 15) is 18.0 Å². The number of amides is 2. The number of halogens is 1. The van der Waals surface area contributed by atoms with E-state index in [1.165, 1.54) is 17.0 Å². The molecule has 1 N–H and O–H groups in total. The molecular formula is C35H38ClN3O5S. The number of carbonyl (C=O) groups is 2. The molecule has 45 heavy (non-hydrogen) atoms. The van der Waals surface area contributed by atoms with Crippen molar-refractivity contribution in [3.8, 4) is 5.75 Å². The molecule has 4 rings (SSSR count). The third kappa shape index (κ3) is 8.65. The summed E-state index contributed by atoms with van der Waals surface area (Å²) in [6, 6.07) is 28.5. The fourth-order valence-corrected chi connectivity index (χ4v) is 6.75. The van der Waals surface area contributed by atoms with Crippen LogP contribution in [0.25, 0.3) is 0 Å². The number of carbonyl (C=O) groups excluding carboxylic acids is 2. The first-order chi connectivity index (χ1) is 21.6. The van der Waals surface area contributed by atoms with Crippen molar-refractivity contribution in [2.75, 3.05) is 24.5 Å². The number of ether oxygens (including phenoxy) is 1. The lowest BCUT2D eigenvalue weighted by molar-refractivity contribution is -0.140. The number of nitrogens with zero attached hydrogens (tertiary/aromatic N) is 2. The quantitative estimate of drug-likeness (QED) is 0.181. The second-order valence-electron chi connectivity index (χ2n) is 10.6. The van der Waals surface area contributed by atoms with Gasteiger partial charge in [0.2, 0.25) is 11.8 Å². The van der Waals surface area contributed by atoms with Gasteiger partial charge in [0.05, 0.1) is 17.7 Å². The molecule has 0 aliphatic heterocycles. The zero-order valence-corrected chi connectivity index (χ0v) is 27.2. The molecule has 4 aromatic carbocycles. The molecule has 0 bridgehead atoms. The van der Waals surface area contributed by atoms with E-state index in [0.29, 0.717) is 35.0 Å². The Hall–Kier alpha value is -4.34. The monoisotopic (exact) mass is 647 g/mol. The molecule has 10 heteroatoms. The summed E-state index contributed by atoms with van der Waals surface area (Å²) in [5.74, 6) is -0.267. The molecule has 4 aromatic rings. The van der Waals surface area contributed by atoms with Crippen LogP contribution in [0.1, 0.15) is 30.0 Å². The second kappa shape index (κ2) is 15.6. The van der Waals surface area contributed by atoms with Crippen LogP contribution >= 0.6 is 11.6 Å². The molecule has 0 spiro atoms. The van der Waals surface area contributed by atoms with E-state index in [-0.39, 0.29) is 23.8 Å². The van der Waals surface area contributed by atoms with Gasteiger partial charge in [-0.05, 0) is 72.5 Å². The molecule has 8 nitrogen and oxygen atoms in total. The predicted molar refractivity (Wildman–Crippen MR) is 178 cm³/mol. The predicted octanol–water partition coefficient (Wildman–Crippen LogP) is 6.02. The number of nitrogens with one attached hydrogen (secondary N) is 1. The van der Waals surface area contributed by atoms with Crippen LogP contribution in [0.15, 0.2) is 108 Å². The van der Waals surface area contributed by atoms with Crippen molar-refractivity contribution in [3.63, 3.8) is 0 Å². The number of aryl methyl sites for hydroxylation is 1. The summed E-state index contributed by atoms with van der Waals surface area (Å²) in [7, 11) is -2.64. The largest absolute Gasteiger partial charge is 0.497 e. The molecule has 1 unspecified atom stereocenters. The third-order valence-electron chi connectivity index (χ3n) is 7.34. The van der Waals surface area contributed by atoms with Crippen molar-refractivity contribution in [2.24, 2.45) is 0 Å². The molecule has 0 radical (unpaired) electrons. The SMILES string of the molecule is CCCNC(=O)C(Cc1ccccc1)N(Cc1cccc(OC)c1)C(=O)CN(c1ccc(Cl)cc1C)S(=O)(=O)c1ccccc1. The van der Waals surface area contributed by atoms with Crippen LogP contribution in [0.4, 0.5) is 5.69 Å². The summed E-state index contributed by atoms with van der Waals surface area (Å²) in [6.45, 7) is 3.63. The molecule has 236 valence electrons. The molecule has 1 atom stereocenters. The van der Waals surface area contributed by atoms with Crippen LogP contribution in [0.2, 0.25) is 5.02 Å². The zero-order chi connectivity index (χ0) is 32.4. The molecule has 2 amide bonds. The Labute approximate surface area is 270 Å². The normalized spacial score (nSPS) is 11.8. The van der Waals surface area contributed by atoms with Crippen molar-refractivity contribution in [1.29, 1.82) is 0 Å². The van der Waals surface area contributed by atoms with Gasteiger partial charge in [-0.3, -0.25) is 13.9 Å². The van der Waals surface area contributed by atoms with Gasteiger partial charge in [0.25, 0.3) is 10.0 Å². The smallest absolute Gasteiger partial charge is 0.264 e. The summed E-state index contributed by atoms with van der Waals surface area (Å²) in [4.78, 5) is 29.8. The Morgan fingerprint density at radius 1 is 0.889 bits per heavy atom. The highest BCUT2D eigenvalue weighted by Crippen LogP contribution is 2.30. The van der Waals surface area contributed by atoms with Gasteiger partial charge in [-0.15, -0.1) is 0 Å². The second-order valence-corrected chi connectivity index (χ2v) is 12.9. The van der Waals surface area contributed by atoms with Crippen LogP contribution in [-0.2, 0) is 32.6 Å². The fraction of sp³-hybridized carbons (Fsp3) is 0.257. The molecule has 0 saturated carbocycles. The highest BCUT2D eigenvalue weighted by Gasteiger charge is 2.35. The number of sulfonamides is 1. The standard InChI is InChI=1S/C35H38ClN3O5S/c1-4-20-37-35(41)33(23-27-12-7-5-8-13-27)38(24-28-14-11-15-30(22-28)44-3)34(40)25-39(32-19-18-29(36)21-26(32)2)45(42,43)31-16-9-6-10-17-31/h5-19,21-22,33H,4,20,23-25H2,1-3H3,(H,37,41). The fourth-order valence-electron chi connectivity index (χ4n) is 5.02. The topological polar surface area (TPSA) is 96.0 Å². The van der Waals surface area contributed by atoms with E-state index in [4.69, 9.17) is 16.3 Å². The molecule has 0 saturated heterocycles. The first kappa shape index (κ1) is 33.6. The average molecular weight is 648 g/mol. The average Bonchev–Trinajstić information content (AvgIpc) is 3.05. The van der Waals surface area contributed by atoms with Gasteiger partial charge in [-0.1, -0.05) is 79.2 Å². The van der Waals surface area contributed by atoms with Gasteiger partial charge < -0.3 is 15.0 Å². The number of benzene rings is 4. The lowest BCUT2D eigenvalue weighted by Gasteiger charge is -2.34. The van der Waals surface area contributed by atoms with Crippen molar-refractivity contribution < 1.29 is 22.7 Å². The summed E-state index contributed by atoms with van der Waals surface area (Å²) in [6.07, 6.45) is 0.948. The molecule has 0 heterocycles. The Balaban J connectivity index is 1.82. The molecule has 0 aliphatic rings. The van der Waals surface area contributed by atoms with E-state index in [2.05, 4.69) is 5.32 Å². The Morgan fingerprint density at radius 2 is 1.56 bits per heavy atom. The van der Waals surface area contributed by atoms with Gasteiger partial charge in [0, 0.05) is 24.5 Å². The van der Waals surface area contributed by atoms with E-state index in [0.717, 1.165) is 15.4 Å². The third-order valence-corrected chi connectivity index (χ3v) is 9.35. The van der Waals surface area contributed by atoms with Crippen LogP contribution in [0, 0.1) is 6.92 Å². The Morgan fingerprint density at radius 3 is 2.20 bits per heavy atom. The van der Waals surface area contributed by atoms with Gasteiger partial charge in [0.1, 0.15) is 18.3 Å². The van der Waals surface area contributed by atoms with E-state index in [1.807, 2.05) is 49.4 Å². The summed E-state index contributed by atoms with van der Waals surface area (Å²) < 4.78 is 34.8. The molecule has 0 aliphatic carbocycles. The first-order valence-corrected chi connectivity index (χ1v) is 16.5. The van der Waals surface area contributed by atoms with Gasteiger partial charge in [-0.25, -0.2) is 8.42 Å². The summed E-state index contributed by atoms with van der Waals surface area (Å²) >= 11 is 6.22. The van der Waals surface area contributed by atoms with Crippen molar-refractivity contribution in [2.45, 2.75) is 44.2 Å². The van der Waals surface area contributed by atoms with Crippen LogP contribution < -0.4 is 14.4 Å². The number of anilines is 1. The maximum atomic E-state index is 14.5. The van der Waals surface area contributed by atoms with Gasteiger partial charge in [-0.2, -0.15) is 0 Å².